The molecule has 0 spiro atoms. The first kappa shape index (κ1) is 36.4. The van der Waals surface area contributed by atoms with Crippen molar-refractivity contribution >= 4 is 103 Å². The average molecular weight is 820 g/mol. The highest BCUT2D eigenvalue weighted by molar-refractivity contribution is 9.11. The molecular weight excluding hydrogens is 796 g/mol. The van der Waals surface area contributed by atoms with E-state index in [1.807, 2.05) is 0 Å². The lowest BCUT2D eigenvalue weighted by Crippen LogP contribution is -2.68. The lowest BCUT2D eigenvalue weighted by molar-refractivity contribution is -0.161. The molecule has 3 saturated heterocycles. The number of oxime groups is 1. The van der Waals surface area contributed by atoms with Crippen LogP contribution >= 0.6 is 50.6 Å². The third-order valence-electron chi connectivity index (χ3n) is 7.61. The van der Waals surface area contributed by atoms with Gasteiger partial charge in [-0.1, -0.05) is 39.9 Å². The normalized spacial score (nSPS) is 21.8. The molecule has 1 aromatic heterocycles. The van der Waals surface area contributed by atoms with Gasteiger partial charge in [-0.25, -0.2) is 24.4 Å². The van der Waals surface area contributed by atoms with Crippen LogP contribution in [0, 0.1) is 0 Å². The molecule has 0 aliphatic carbocycles. The number of fused-ring (bicyclic) bond motifs is 1. The number of Topliss-reactive ketones (excluding diaryl/α,β-unsaturated/α-hetero) is 1. The molecule has 3 atom stereocenters. The smallest absolute Gasteiger partial charge is 0.350 e. The van der Waals surface area contributed by atoms with E-state index >= 15 is 0 Å². The minimum atomic E-state index is -2.09. The number of hydrogen-bond donors (Lipinski definition) is 7. The van der Waals surface area contributed by atoms with Crippen LogP contribution in [0.1, 0.15) is 29.9 Å². The van der Waals surface area contributed by atoms with E-state index in [9.17, 15) is 54.0 Å². The number of nitrogens with zero attached hydrogens (tertiary/aromatic N) is 5. The Labute approximate surface area is 301 Å². The van der Waals surface area contributed by atoms with Gasteiger partial charge in [0.2, 0.25) is 16.4 Å². The Bertz CT molecular complexity index is 1910. The molecule has 5 amide bonds. The number of amides is 5. The predicted molar refractivity (Wildman–Crippen MR) is 175 cm³/mol. The number of urea groups is 1. The second kappa shape index (κ2) is 13.1. The Morgan fingerprint density at radius 1 is 1.16 bits per heavy atom. The molecule has 0 bridgehead atoms. The number of aromatic hydroxyl groups is 2. The van der Waals surface area contributed by atoms with Crippen molar-refractivity contribution in [1.82, 2.24) is 30.5 Å². The monoisotopic (exact) mass is 818 g/mol. The molecule has 5 rings (SSSR count). The Morgan fingerprint density at radius 2 is 1.84 bits per heavy atom. The highest BCUT2D eigenvalue weighted by Crippen LogP contribution is 2.49. The van der Waals surface area contributed by atoms with Crippen molar-refractivity contribution in [2.75, 3.05) is 25.4 Å². The number of nitrogens with one attached hydrogen (secondary N) is 2. The van der Waals surface area contributed by atoms with E-state index in [0.717, 1.165) is 33.3 Å². The molecule has 8 N–H and O–H groups in total. The van der Waals surface area contributed by atoms with Gasteiger partial charge in [0, 0.05) is 6.54 Å². The minimum absolute atomic E-state index is 0.0154. The number of halogens is 2. The highest BCUT2D eigenvalue weighted by Gasteiger charge is 2.66. The van der Waals surface area contributed by atoms with Gasteiger partial charge in [-0.2, -0.15) is 0 Å². The lowest BCUT2D eigenvalue weighted by Gasteiger charge is -2.41. The number of rotatable bonds is 11. The largest absolute Gasteiger partial charge is 0.504 e. The molecule has 20 nitrogen and oxygen atoms in total. The maximum absolute atomic E-state index is 13.5. The molecule has 50 heavy (non-hydrogen) atoms. The third-order valence-corrected chi connectivity index (χ3v) is 11.2. The second-order valence-corrected chi connectivity index (χ2v) is 15.3. The van der Waals surface area contributed by atoms with E-state index in [1.54, 1.807) is 0 Å². The van der Waals surface area contributed by atoms with Crippen molar-refractivity contribution in [3.8, 4) is 11.5 Å². The maximum Gasteiger partial charge on any atom is 0.350 e. The van der Waals surface area contributed by atoms with E-state index in [0.29, 0.717) is 16.8 Å². The molecule has 3 aliphatic heterocycles. The number of phenols is 2. The molecular formula is C26H24BrClN8O12S2. The summed E-state index contributed by atoms with van der Waals surface area (Å²) < 4.78 is 0.234. The summed E-state index contributed by atoms with van der Waals surface area (Å²) >= 11 is 10.7. The van der Waals surface area contributed by atoms with Gasteiger partial charge in [-0.05, 0) is 41.9 Å². The number of benzene rings is 1. The number of carbonyl (C=O) groups is 7. The van der Waals surface area contributed by atoms with Gasteiger partial charge in [-0.15, -0.1) is 0 Å². The molecule has 0 unspecified atom stereocenters. The van der Waals surface area contributed by atoms with Crippen molar-refractivity contribution < 1.29 is 58.8 Å². The first-order valence-electron chi connectivity index (χ1n) is 13.9. The van der Waals surface area contributed by atoms with Crippen molar-refractivity contribution in [2.24, 2.45) is 5.16 Å². The SMILES string of the molecule is CC(C)(O/N=C(\C(=O)N[C@@H]1C(=O)N2C[C@@](C(=O)O)(N3CCN(NC(=O)C(=O)c4ccc(O)c(O)c4Cl)C3=O)S[C@H]12)c1nc(N)sc1Br)C(=O)O. The topological polar surface area (TPSA) is 295 Å². The van der Waals surface area contributed by atoms with Crippen LogP contribution in [0.25, 0.3) is 0 Å². The lowest BCUT2D eigenvalue weighted by atomic mass is 10.1. The summed E-state index contributed by atoms with van der Waals surface area (Å²) in [4.78, 5) is 98.7. The van der Waals surface area contributed by atoms with Crippen molar-refractivity contribution in [3.05, 3.63) is 32.2 Å². The maximum atomic E-state index is 13.5. The standard InChI is InChI=1S/C26H24BrClN8O12S2/c1-25(2,21(43)44)48-33-12(11-16(27)49-23(29)31-11)17(40)30-13-19(42)34-7-26(22(45)46,50-20(13)34)35-5-6-36(24(35)47)32-18(41)14(38)8-3-4-9(37)15(39)10(8)28/h3-4,13,20,37,39H,5-7H2,1-2H3,(H2,29,31)(H,30,40)(H,32,41)(H,43,44)(H,45,46)/b33-12-/t13-,20-,26-/m1/s1. The van der Waals surface area contributed by atoms with Crippen LogP contribution in [-0.4, -0.2) is 129 Å². The summed E-state index contributed by atoms with van der Waals surface area (Å²) in [6.07, 6.45) is 0. The van der Waals surface area contributed by atoms with Gasteiger partial charge >= 0.3 is 23.9 Å². The zero-order valence-corrected chi connectivity index (χ0v) is 29.3. The van der Waals surface area contributed by atoms with Crippen LogP contribution in [0.5, 0.6) is 11.5 Å². The number of carbonyl (C=O) groups excluding carboxylic acids is 5. The summed E-state index contributed by atoms with van der Waals surface area (Å²) in [5.74, 6) is -8.80. The molecule has 3 aliphatic rings. The first-order chi connectivity index (χ1) is 23.3. The van der Waals surface area contributed by atoms with Crippen LogP contribution in [0.3, 0.4) is 0 Å². The first-order valence-corrected chi connectivity index (χ1v) is 16.8. The molecule has 3 fully saturated rings. The van der Waals surface area contributed by atoms with Crippen LogP contribution in [0.4, 0.5) is 9.93 Å². The summed E-state index contributed by atoms with van der Waals surface area (Å²) in [5, 5.41) is 44.3. The number of aliphatic carboxylic acids is 2. The van der Waals surface area contributed by atoms with Crippen molar-refractivity contribution in [3.63, 3.8) is 0 Å². The summed E-state index contributed by atoms with van der Waals surface area (Å²) in [6, 6.07) is -0.464. The van der Waals surface area contributed by atoms with Gasteiger partial charge in [0.1, 0.15) is 20.9 Å². The Morgan fingerprint density at radius 3 is 2.44 bits per heavy atom. The number of nitrogens with two attached hydrogens (primary N) is 1. The summed E-state index contributed by atoms with van der Waals surface area (Å²) in [6.45, 7) is 1.29. The Kier molecular flexibility index (Phi) is 9.55. The fraction of sp³-hybridized carbons (Fsp3) is 0.346. The average Bonchev–Trinajstić information content (AvgIpc) is 3.71. The summed E-state index contributed by atoms with van der Waals surface area (Å²) in [5.41, 5.74) is 4.78. The van der Waals surface area contributed by atoms with E-state index in [-0.39, 0.29) is 27.7 Å². The number of hydrazine groups is 1. The molecule has 24 heteroatoms. The fourth-order valence-electron chi connectivity index (χ4n) is 4.87. The number of β-lactam (4-membered cyclic amide) rings is 1. The van der Waals surface area contributed by atoms with Crippen LogP contribution in [0.2, 0.25) is 5.02 Å². The molecule has 0 radical (unpaired) electrons. The third kappa shape index (κ3) is 6.20. The van der Waals surface area contributed by atoms with Crippen molar-refractivity contribution in [1.29, 1.82) is 0 Å². The van der Waals surface area contributed by atoms with Crippen molar-refractivity contribution in [2.45, 2.75) is 35.7 Å². The zero-order valence-electron chi connectivity index (χ0n) is 25.4. The molecule has 1 aromatic carbocycles. The Hall–Kier alpha value is -4.87. The van der Waals surface area contributed by atoms with Gasteiger partial charge in [0.25, 0.3) is 11.7 Å². The van der Waals surface area contributed by atoms with Gasteiger partial charge in [0.05, 0.1) is 23.7 Å². The molecule has 4 heterocycles. The van der Waals surface area contributed by atoms with E-state index in [4.69, 9.17) is 22.2 Å². The van der Waals surface area contributed by atoms with E-state index in [2.05, 4.69) is 36.8 Å². The van der Waals surface area contributed by atoms with Crippen LogP contribution < -0.4 is 16.5 Å². The van der Waals surface area contributed by atoms with Crippen LogP contribution in [0.15, 0.2) is 21.1 Å². The molecule has 266 valence electrons. The number of carboxylic acids is 2. The number of ketones is 1. The van der Waals surface area contributed by atoms with Gasteiger partial charge in [0.15, 0.2) is 22.3 Å². The highest BCUT2D eigenvalue weighted by atomic mass is 79.9. The number of thiazole rings is 1. The number of aromatic nitrogens is 1. The van der Waals surface area contributed by atoms with Gasteiger partial charge < -0.3 is 41.2 Å². The Balaban J connectivity index is 1.32. The quantitative estimate of drug-likeness (QED) is 0.0391. The van der Waals surface area contributed by atoms with E-state index in [1.165, 1.54) is 13.8 Å². The number of carboxylic acid groups (broad SMARTS) is 2. The number of hydrogen-bond acceptors (Lipinski definition) is 15. The molecule has 0 saturated carbocycles. The number of thioether (sulfide) groups is 1. The van der Waals surface area contributed by atoms with Crippen LogP contribution in [-0.2, 0) is 28.8 Å². The fourth-order valence-corrected chi connectivity index (χ4v) is 8.09. The minimum Gasteiger partial charge on any atom is -0.504 e. The number of nitrogen functional groups attached to an aromatic ring is 1. The zero-order chi connectivity index (χ0) is 37.0. The van der Waals surface area contributed by atoms with E-state index < -0.39 is 97.7 Å². The summed E-state index contributed by atoms with van der Waals surface area (Å²) in [7, 11) is 0. The number of anilines is 1. The number of phenolic OH excluding ortho intramolecular Hbond substituents is 2. The molecule has 2 aromatic rings. The predicted octanol–water partition coefficient (Wildman–Crippen LogP) is -0.0312. The second-order valence-electron chi connectivity index (χ2n) is 11.2. The van der Waals surface area contributed by atoms with Gasteiger partial charge in [-0.3, -0.25) is 29.5 Å².